The van der Waals surface area contributed by atoms with Crippen LogP contribution in [0.25, 0.3) is 22.6 Å². The van der Waals surface area contributed by atoms with Gasteiger partial charge < -0.3 is 62.1 Å². The monoisotopic (exact) mass is 1180 g/mol. The number of carbonyl (C=O) groups is 2. The van der Waals surface area contributed by atoms with E-state index in [0.29, 0.717) is 53.9 Å². The van der Waals surface area contributed by atoms with Crippen molar-refractivity contribution in [2.75, 3.05) is 60.1 Å². The largest absolute Gasteiger partial charge is 0.480 e. The number of amides is 2. The molecule has 29 heteroatoms. The lowest BCUT2D eigenvalue weighted by Crippen LogP contribution is -2.27. The minimum Gasteiger partial charge on any atom is -0.480 e. The number of pyridine rings is 3. The number of fused-ring (bicyclic) bond motifs is 3. The minimum absolute atomic E-state index is 0. The van der Waals surface area contributed by atoms with Crippen molar-refractivity contribution in [1.29, 1.82) is 0 Å². The lowest BCUT2D eigenvalue weighted by Gasteiger charge is -2.15. The van der Waals surface area contributed by atoms with E-state index in [9.17, 15) is 22.8 Å². The molecule has 4 aliphatic carbocycles. The Morgan fingerprint density at radius 3 is 1.56 bits per heavy atom. The van der Waals surface area contributed by atoms with Crippen LogP contribution in [0.1, 0.15) is 90.2 Å². The second kappa shape index (κ2) is 25.3. The van der Waals surface area contributed by atoms with Gasteiger partial charge in [-0.1, -0.05) is 14.0 Å². The summed E-state index contributed by atoms with van der Waals surface area (Å²) in [6.45, 7) is 7.84. The molecule has 2 amide bonds. The van der Waals surface area contributed by atoms with E-state index in [4.69, 9.17) is 23.3 Å². The molecule has 0 aromatic carbocycles. The number of nitrogens with one attached hydrogen (secondary N) is 9. The number of anilines is 9. The van der Waals surface area contributed by atoms with Crippen molar-refractivity contribution in [3.8, 4) is 17.6 Å². The van der Waals surface area contributed by atoms with E-state index in [1.54, 1.807) is 55.3 Å². The molecule has 0 radical (unpaired) electrons. The average molecular weight is 1190 g/mol. The van der Waals surface area contributed by atoms with E-state index in [1.165, 1.54) is 46.5 Å². The maximum Gasteiger partial charge on any atom is 0.257 e. The number of rotatable bonds is 21. The lowest BCUT2D eigenvalue weighted by atomic mass is 10.2. The molecule has 13 rings (SSSR count). The van der Waals surface area contributed by atoms with Crippen LogP contribution in [0, 0.1) is 5.82 Å². The normalized spacial score (nSPS) is 17.8. The van der Waals surface area contributed by atoms with Crippen molar-refractivity contribution in [3.05, 3.63) is 115 Å². The second-order valence-electron chi connectivity index (χ2n) is 20.5. The van der Waals surface area contributed by atoms with Crippen LogP contribution >= 0.6 is 0 Å². The topological polar surface area (TPSA) is 299 Å². The Balaban J connectivity index is 0.000000146. The molecule has 86 heavy (non-hydrogen) atoms. The van der Waals surface area contributed by atoms with E-state index in [0.717, 1.165) is 47.5 Å². The minimum atomic E-state index is -2.67. The predicted octanol–water partition coefficient (Wildman–Crippen LogP) is 8.24. The summed E-state index contributed by atoms with van der Waals surface area (Å²) in [7, 11) is 2.55. The molecule has 0 unspecified atom stereocenters. The predicted molar refractivity (Wildman–Crippen MR) is 320 cm³/mol. The van der Waals surface area contributed by atoms with Crippen LogP contribution in [-0.4, -0.2) is 141 Å². The summed E-state index contributed by atoms with van der Waals surface area (Å²) in [6.07, 6.45) is 11.9. The molecule has 4 saturated carbocycles. The SMILES string of the molecule is C.C=C(NC1CC1)c1cnn2c(NC)cc(Nc3cccnc3OC3CC3)nc12.CNc1cc(Nc2cc(F)cnc2OC(C)C)nc2c(C(=O)N[C@H]3C[C@H]3F)cnn12.[2H]C([2H])([2H])Oc1ncccc1Nc1cc(NC)n2ncc(C(=O)N[C@H]3C[C@H]3F)c2n1. The van der Waals surface area contributed by atoms with Gasteiger partial charge in [-0.2, -0.15) is 28.8 Å². The first-order valence-electron chi connectivity index (χ1n) is 28.8. The summed E-state index contributed by atoms with van der Waals surface area (Å²) in [4.78, 5) is 50.9. The van der Waals surface area contributed by atoms with Gasteiger partial charge in [0.15, 0.2) is 16.9 Å². The molecule has 9 aromatic heterocycles. The van der Waals surface area contributed by atoms with E-state index in [-0.39, 0.29) is 65.2 Å². The summed E-state index contributed by atoms with van der Waals surface area (Å²) in [5.41, 5.74) is 4.71. The highest BCUT2D eigenvalue weighted by Crippen LogP contribution is 2.35. The highest BCUT2D eigenvalue weighted by Gasteiger charge is 2.40. The van der Waals surface area contributed by atoms with Crippen LogP contribution in [0.3, 0.4) is 0 Å². The van der Waals surface area contributed by atoms with Crippen LogP contribution in [0.2, 0.25) is 0 Å². The van der Waals surface area contributed by atoms with E-state index >= 15 is 0 Å². The van der Waals surface area contributed by atoms with Gasteiger partial charge in [-0.15, -0.1) is 0 Å². The summed E-state index contributed by atoms with van der Waals surface area (Å²) >= 11 is 0. The molecule has 9 aromatic rings. The van der Waals surface area contributed by atoms with Crippen LogP contribution < -0.4 is 62.1 Å². The Morgan fingerprint density at radius 1 is 0.640 bits per heavy atom. The highest BCUT2D eigenvalue weighted by atomic mass is 19.1. The van der Waals surface area contributed by atoms with Gasteiger partial charge >= 0.3 is 0 Å². The molecule has 26 nitrogen and oxygen atoms in total. The van der Waals surface area contributed by atoms with Crippen molar-refractivity contribution in [1.82, 2.24) is 74.7 Å². The summed E-state index contributed by atoms with van der Waals surface area (Å²) < 4.78 is 83.1. The smallest absolute Gasteiger partial charge is 0.257 e. The number of methoxy groups -OCH3 is 1. The van der Waals surface area contributed by atoms with Gasteiger partial charge in [-0.25, -0.2) is 43.1 Å². The van der Waals surface area contributed by atoms with E-state index in [1.807, 2.05) is 39.1 Å². The average Bonchev–Trinajstić information content (AvgIpc) is 1.86. The van der Waals surface area contributed by atoms with Gasteiger partial charge in [0.1, 0.15) is 87.4 Å². The van der Waals surface area contributed by atoms with E-state index < -0.39 is 49.1 Å². The number of halogens is 3. The van der Waals surface area contributed by atoms with Crippen molar-refractivity contribution in [2.45, 2.75) is 102 Å². The van der Waals surface area contributed by atoms with Crippen molar-refractivity contribution in [3.63, 3.8) is 0 Å². The molecule has 4 atom stereocenters. The fourth-order valence-electron chi connectivity index (χ4n) is 8.56. The zero-order valence-electron chi connectivity index (χ0n) is 49.6. The number of alkyl halides is 2. The van der Waals surface area contributed by atoms with Gasteiger partial charge in [0.05, 0.1) is 59.7 Å². The highest BCUT2D eigenvalue weighted by molar-refractivity contribution is 6.01. The molecule has 0 spiro atoms. The summed E-state index contributed by atoms with van der Waals surface area (Å²) in [6, 6.07) is 13.0. The number of ether oxygens (including phenoxy) is 3. The fraction of sp³-hybridized carbons (Fsp3) is 0.351. The molecule has 9 N–H and O–H groups in total. The van der Waals surface area contributed by atoms with Gasteiger partial charge in [0.25, 0.3) is 11.8 Å². The number of carbonyl (C=O) groups excluding carboxylic acids is 2. The lowest BCUT2D eigenvalue weighted by molar-refractivity contribution is 0.0940. The third-order valence-corrected chi connectivity index (χ3v) is 13.4. The molecular weight excluding hydrogens is 1120 g/mol. The maximum atomic E-state index is 13.8. The molecule has 0 bridgehead atoms. The number of hydrogen-bond acceptors (Lipinski definition) is 21. The van der Waals surface area contributed by atoms with Crippen molar-refractivity contribution >= 4 is 86.4 Å². The van der Waals surface area contributed by atoms with Crippen LogP contribution in [0.4, 0.5) is 65.1 Å². The van der Waals surface area contributed by atoms with Crippen LogP contribution in [0.5, 0.6) is 17.6 Å². The van der Waals surface area contributed by atoms with Gasteiger partial charge in [0, 0.05) is 82.4 Å². The summed E-state index contributed by atoms with van der Waals surface area (Å²) in [5, 5.41) is 39.9. The molecule has 4 aliphatic rings. The fourth-order valence-corrected chi connectivity index (χ4v) is 8.56. The van der Waals surface area contributed by atoms with Gasteiger partial charge in [-0.3, -0.25) is 9.59 Å². The Morgan fingerprint density at radius 2 is 1.10 bits per heavy atom. The number of nitrogens with zero attached hydrogens (tertiary/aromatic N) is 12. The molecule has 9 heterocycles. The van der Waals surface area contributed by atoms with Gasteiger partial charge in [-0.05, 0) is 63.8 Å². The Labute approximate surface area is 495 Å². The zero-order valence-corrected chi connectivity index (χ0v) is 46.6. The molecule has 0 saturated heterocycles. The number of aromatic nitrogens is 12. The standard InChI is InChI=1S/C20H23N7O.C19H21F2N7O2.C17H18FN7O2.CH4/c1-12(24-13-5-6-13)15-11-23-27-18(21-2)10-17(26-19(15)27)25-16-4-3-9-22-20(16)28-14-7-8-14;1-9(2)30-19-14(4-10(20)7-23-19)25-15-6-16(22-3)28-17(27-15)11(8-24-28)18(29)26-13-5-12(13)21;1-19-14-7-13(22-11-4-3-5-20-17(11)27-2)24-15-9(8-21-25(14)15)16(26)23-12-6-10(12)18;/h3-4,9-11,13-14,21,24H,1,5-8H2,2H3,(H,25,26);4,6-9,12-13,22H,5H2,1-3H3,(H,25,27)(H,26,29);3-5,7-8,10,12,19H,6H2,1-2H3,(H,22,24)(H,23,26);1H4/t;12-,13+;10-,12+;/m.11./s1/i;;2D3;. The Kier molecular flexibility index (Phi) is 16.2. The van der Waals surface area contributed by atoms with E-state index in [2.05, 4.69) is 94.6 Å². The van der Waals surface area contributed by atoms with Crippen molar-refractivity contribution in [2.24, 2.45) is 0 Å². The molecule has 0 aliphatic heterocycles. The Bertz CT molecular complexity index is 4070. The molecule has 450 valence electrons. The zero-order chi connectivity index (χ0) is 62.0. The third-order valence-electron chi connectivity index (χ3n) is 13.4. The molecule has 4 fully saturated rings. The first-order valence-corrected chi connectivity index (χ1v) is 27.3. The van der Waals surface area contributed by atoms with Crippen LogP contribution in [-0.2, 0) is 0 Å². The van der Waals surface area contributed by atoms with Gasteiger partial charge in [0.2, 0.25) is 17.6 Å². The van der Waals surface area contributed by atoms with Crippen molar-refractivity contribution < 1.29 is 41.1 Å². The Hall–Kier alpha value is -10.2. The number of hydrogen-bond donors (Lipinski definition) is 9. The summed E-state index contributed by atoms with van der Waals surface area (Å²) in [5.74, 6) is 2.38. The maximum absolute atomic E-state index is 13.8. The van der Waals surface area contributed by atoms with Crippen LogP contribution in [0.15, 0.2) is 92.3 Å². The quantitative estimate of drug-likeness (QED) is 0.0327. The first kappa shape index (κ1) is 55.0. The first-order chi connectivity index (χ1) is 42.3. The molecular formula is C57H66F3N21O5. The second-order valence-corrected chi connectivity index (χ2v) is 20.5. The third kappa shape index (κ3) is 13.6.